The summed E-state index contributed by atoms with van der Waals surface area (Å²) in [7, 11) is 1.51. The van der Waals surface area contributed by atoms with Gasteiger partial charge in [0.2, 0.25) is 0 Å². The first-order chi connectivity index (χ1) is 5.23. The molecule has 2 N–H and O–H groups in total. The van der Waals surface area contributed by atoms with E-state index < -0.39 is 11.0 Å². The number of Topliss-reactive ketones (excluding diaryl/α,β-unsaturated/α-hetero) is 1. The van der Waals surface area contributed by atoms with Gasteiger partial charge in [0.1, 0.15) is 6.61 Å². The van der Waals surface area contributed by atoms with Crippen molar-refractivity contribution in [3.63, 3.8) is 0 Å². The highest BCUT2D eigenvalue weighted by atomic mass is 16.5. The predicted octanol–water partition coefficient (Wildman–Crippen LogP) is 0.965. The Morgan fingerprint density at radius 2 is 1.75 bits per heavy atom. The van der Waals surface area contributed by atoms with E-state index in [4.69, 9.17) is 10.5 Å². The summed E-state index contributed by atoms with van der Waals surface area (Å²) in [5.74, 6) is 0.0394. The summed E-state index contributed by atoms with van der Waals surface area (Å²) in [6, 6.07) is 0. The predicted molar refractivity (Wildman–Crippen MR) is 48.9 cm³/mol. The van der Waals surface area contributed by atoms with Crippen LogP contribution in [0.5, 0.6) is 0 Å². The summed E-state index contributed by atoms with van der Waals surface area (Å²) in [6.07, 6.45) is 0. The van der Waals surface area contributed by atoms with Crippen LogP contribution in [0, 0.1) is 5.41 Å². The van der Waals surface area contributed by atoms with Crippen LogP contribution in [0.2, 0.25) is 0 Å². The molecule has 72 valence electrons. The van der Waals surface area contributed by atoms with Crippen LogP contribution in [0.4, 0.5) is 0 Å². The van der Waals surface area contributed by atoms with E-state index in [1.54, 1.807) is 0 Å². The molecule has 0 aliphatic rings. The molecule has 0 aromatic carbocycles. The van der Waals surface area contributed by atoms with Gasteiger partial charge in [-0.25, -0.2) is 0 Å². The molecule has 12 heavy (non-hydrogen) atoms. The number of hydrogen-bond acceptors (Lipinski definition) is 3. The Balaban J connectivity index is 4.50. The molecule has 0 amide bonds. The molecule has 0 fully saturated rings. The monoisotopic (exact) mass is 173 g/mol. The second-order valence-electron chi connectivity index (χ2n) is 4.20. The highest BCUT2D eigenvalue weighted by molar-refractivity contribution is 5.86. The molecule has 0 radical (unpaired) electrons. The molecule has 3 nitrogen and oxygen atoms in total. The summed E-state index contributed by atoms with van der Waals surface area (Å²) in [5, 5.41) is 0. The second kappa shape index (κ2) is 3.54. The number of nitrogens with two attached hydrogens (primary N) is 1. The Morgan fingerprint density at radius 3 is 2.00 bits per heavy atom. The Kier molecular flexibility index (Phi) is 3.42. The minimum Gasteiger partial charge on any atom is -0.377 e. The standard InChI is InChI=1S/C9H19NO2/c1-8(2,9(3,4)10)7(11)6-12-5/h6,10H2,1-5H3. The Hall–Kier alpha value is -0.410. The van der Waals surface area contributed by atoms with Gasteiger partial charge in [-0.3, -0.25) is 4.79 Å². The van der Waals surface area contributed by atoms with Gasteiger partial charge in [-0.05, 0) is 13.8 Å². The van der Waals surface area contributed by atoms with E-state index in [1.807, 2.05) is 27.7 Å². The molecule has 3 heteroatoms. The van der Waals surface area contributed by atoms with E-state index in [-0.39, 0.29) is 12.4 Å². The third kappa shape index (κ3) is 2.29. The van der Waals surface area contributed by atoms with Crippen LogP contribution in [0.3, 0.4) is 0 Å². The first-order valence-electron chi connectivity index (χ1n) is 4.04. The molecular weight excluding hydrogens is 154 g/mol. The molecule has 0 heterocycles. The number of ketones is 1. The molecule has 0 aliphatic carbocycles. The van der Waals surface area contributed by atoms with E-state index in [1.165, 1.54) is 7.11 Å². The van der Waals surface area contributed by atoms with Gasteiger partial charge in [-0.1, -0.05) is 13.8 Å². The molecule has 0 spiro atoms. The molecule has 0 unspecified atom stereocenters. The van der Waals surface area contributed by atoms with Crippen molar-refractivity contribution in [2.24, 2.45) is 11.1 Å². The zero-order valence-corrected chi connectivity index (χ0v) is 8.60. The van der Waals surface area contributed by atoms with Crippen LogP contribution in [-0.4, -0.2) is 25.0 Å². The highest BCUT2D eigenvalue weighted by Crippen LogP contribution is 2.29. The van der Waals surface area contributed by atoms with E-state index in [2.05, 4.69) is 0 Å². The Morgan fingerprint density at radius 1 is 1.33 bits per heavy atom. The molecule has 0 atom stereocenters. The van der Waals surface area contributed by atoms with Crippen molar-refractivity contribution in [2.75, 3.05) is 13.7 Å². The first-order valence-corrected chi connectivity index (χ1v) is 4.04. The zero-order chi connectivity index (χ0) is 9.99. The summed E-state index contributed by atoms with van der Waals surface area (Å²) in [6.45, 7) is 7.51. The lowest BCUT2D eigenvalue weighted by Gasteiger charge is -2.36. The molecule has 0 aromatic rings. The number of methoxy groups -OCH3 is 1. The lowest BCUT2D eigenvalue weighted by Crippen LogP contribution is -2.52. The minimum atomic E-state index is -0.539. The van der Waals surface area contributed by atoms with Gasteiger partial charge in [0.25, 0.3) is 0 Å². The van der Waals surface area contributed by atoms with Crippen molar-refractivity contribution in [1.29, 1.82) is 0 Å². The summed E-state index contributed by atoms with van der Waals surface area (Å²) in [4.78, 5) is 11.5. The smallest absolute Gasteiger partial charge is 0.165 e. The molecule has 0 rings (SSSR count). The molecule has 0 bridgehead atoms. The van der Waals surface area contributed by atoms with Crippen LogP contribution in [0.25, 0.3) is 0 Å². The largest absolute Gasteiger partial charge is 0.377 e. The van der Waals surface area contributed by atoms with Gasteiger partial charge in [0, 0.05) is 18.1 Å². The summed E-state index contributed by atoms with van der Waals surface area (Å²) in [5.41, 5.74) is 4.82. The maximum absolute atomic E-state index is 11.5. The van der Waals surface area contributed by atoms with Crippen LogP contribution in [0.1, 0.15) is 27.7 Å². The van der Waals surface area contributed by atoms with E-state index >= 15 is 0 Å². The van der Waals surface area contributed by atoms with Gasteiger partial charge in [0.15, 0.2) is 5.78 Å². The first kappa shape index (κ1) is 11.6. The SMILES string of the molecule is COCC(=O)C(C)(C)C(C)(C)N. The quantitative estimate of drug-likeness (QED) is 0.689. The van der Waals surface area contributed by atoms with Crippen molar-refractivity contribution in [2.45, 2.75) is 33.2 Å². The molecule has 0 aliphatic heterocycles. The van der Waals surface area contributed by atoms with Crippen LogP contribution >= 0.6 is 0 Å². The third-order valence-electron chi connectivity index (χ3n) is 2.58. The molecule has 0 saturated heterocycles. The zero-order valence-electron chi connectivity index (χ0n) is 8.60. The Labute approximate surface area is 74.3 Å². The van der Waals surface area contributed by atoms with E-state index in [0.717, 1.165) is 0 Å². The minimum absolute atomic E-state index is 0.0394. The van der Waals surface area contributed by atoms with Crippen molar-refractivity contribution in [1.82, 2.24) is 0 Å². The van der Waals surface area contributed by atoms with E-state index in [9.17, 15) is 4.79 Å². The summed E-state index contributed by atoms with van der Waals surface area (Å²) >= 11 is 0. The van der Waals surface area contributed by atoms with Gasteiger partial charge < -0.3 is 10.5 Å². The molecular formula is C9H19NO2. The van der Waals surface area contributed by atoms with Crippen molar-refractivity contribution < 1.29 is 9.53 Å². The highest BCUT2D eigenvalue weighted by Gasteiger charge is 2.39. The van der Waals surface area contributed by atoms with Crippen LogP contribution in [0.15, 0.2) is 0 Å². The maximum atomic E-state index is 11.5. The van der Waals surface area contributed by atoms with Gasteiger partial charge in [-0.15, -0.1) is 0 Å². The lowest BCUT2D eigenvalue weighted by molar-refractivity contribution is -0.133. The molecule has 0 aromatic heterocycles. The average Bonchev–Trinajstić information content (AvgIpc) is 1.85. The normalized spacial score (nSPS) is 13.2. The van der Waals surface area contributed by atoms with Crippen molar-refractivity contribution in [3.05, 3.63) is 0 Å². The number of ether oxygens (including phenoxy) is 1. The van der Waals surface area contributed by atoms with Crippen LogP contribution < -0.4 is 5.73 Å². The topological polar surface area (TPSA) is 52.3 Å². The lowest BCUT2D eigenvalue weighted by atomic mass is 9.72. The maximum Gasteiger partial charge on any atom is 0.165 e. The van der Waals surface area contributed by atoms with Gasteiger partial charge in [-0.2, -0.15) is 0 Å². The van der Waals surface area contributed by atoms with Gasteiger partial charge >= 0.3 is 0 Å². The van der Waals surface area contributed by atoms with Crippen LogP contribution in [-0.2, 0) is 9.53 Å². The van der Waals surface area contributed by atoms with E-state index in [0.29, 0.717) is 0 Å². The fourth-order valence-corrected chi connectivity index (χ4v) is 0.671. The third-order valence-corrected chi connectivity index (χ3v) is 2.58. The summed E-state index contributed by atoms with van der Waals surface area (Å²) < 4.78 is 4.78. The average molecular weight is 173 g/mol. The number of hydrogen-bond donors (Lipinski definition) is 1. The fraction of sp³-hybridized carbons (Fsp3) is 0.889. The Bertz CT molecular complexity index is 168. The van der Waals surface area contributed by atoms with Crippen molar-refractivity contribution >= 4 is 5.78 Å². The van der Waals surface area contributed by atoms with Crippen molar-refractivity contribution in [3.8, 4) is 0 Å². The fourth-order valence-electron chi connectivity index (χ4n) is 0.671. The number of carbonyl (C=O) groups is 1. The van der Waals surface area contributed by atoms with Gasteiger partial charge in [0.05, 0.1) is 0 Å². The second-order valence-corrected chi connectivity index (χ2v) is 4.20. The number of rotatable bonds is 4. The molecule has 0 saturated carbocycles. The number of carbonyl (C=O) groups excluding carboxylic acids is 1.